The van der Waals surface area contributed by atoms with Crippen LogP contribution in [0.5, 0.6) is 5.75 Å². The van der Waals surface area contributed by atoms with Crippen molar-refractivity contribution < 1.29 is 18.7 Å². The Bertz CT molecular complexity index is 510. The smallest absolute Gasteiger partial charge is 0.244 e. The van der Waals surface area contributed by atoms with E-state index in [1.54, 1.807) is 4.90 Å². The van der Waals surface area contributed by atoms with Gasteiger partial charge in [-0.3, -0.25) is 4.79 Å². The molecule has 7 heteroatoms. The highest BCUT2D eigenvalue weighted by atomic mass is 19.1. The van der Waals surface area contributed by atoms with E-state index in [0.29, 0.717) is 18.9 Å². The summed E-state index contributed by atoms with van der Waals surface area (Å²) in [6, 6.07) is 2.13. The number of hydrogen-bond donors (Lipinski definition) is 2. The molecule has 1 heterocycles. The molecule has 1 amide bonds. The maximum Gasteiger partial charge on any atom is 0.244 e. The number of nitrogens with zero attached hydrogens (tertiary/aromatic N) is 1. The zero-order valence-electron chi connectivity index (χ0n) is 11.5. The Morgan fingerprint density at radius 3 is 3.00 bits per heavy atom. The number of ether oxygens (including phenoxy) is 2. The lowest BCUT2D eigenvalue weighted by molar-refractivity contribution is -0.124. The average Bonchev–Trinajstić information content (AvgIpc) is 2.47. The molecule has 0 radical (unpaired) electrons. The molecular weight excluding hydrogens is 265 g/mol. The van der Waals surface area contributed by atoms with Gasteiger partial charge in [0.1, 0.15) is 17.6 Å². The molecule has 0 aliphatic carbocycles. The molecule has 0 bridgehead atoms. The van der Waals surface area contributed by atoms with Crippen LogP contribution in [-0.4, -0.2) is 45.9 Å². The lowest BCUT2D eigenvalue weighted by Crippen LogP contribution is -2.53. The van der Waals surface area contributed by atoms with E-state index in [1.807, 2.05) is 0 Å². The van der Waals surface area contributed by atoms with Crippen molar-refractivity contribution in [3.05, 3.63) is 17.9 Å². The molecule has 1 aliphatic heterocycles. The molecule has 1 fully saturated rings. The summed E-state index contributed by atoms with van der Waals surface area (Å²) in [6.45, 7) is 1.06. The molecule has 20 heavy (non-hydrogen) atoms. The molecule has 1 aromatic rings. The summed E-state index contributed by atoms with van der Waals surface area (Å²) in [4.78, 5) is 13.5. The molecule has 1 aliphatic rings. The summed E-state index contributed by atoms with van der Waals surface area (Å²) in [5.41, 5.74) is 6.17. The fourth-order valence-electron chi connectivity index (χ4n) is 2.23. The number of nitrogens with one attached hydrogen (secondary N) is 1. The second kappa shape index (κ2) is 5.96. The first-order chi connectivity index (χ1) is 9.58. The zero-order chi connectivity index (χ0) is 14.7. The first-order valence-corrected chi connectivity index (χ1v) is 6.27. The third-order valence-corrected chi connectivity index (χ3v) is 3.29. The largest absolute Gasteiger partial charge is 0.495 e. The van der Waals surface area contributed by atoms with Crippen molar-refractivity contribution in [1.82, 2.24) is 5.32 Å². The number of benzene rings is 1. The highest BCUT2D eigenvalue weighted by molar-refractivity contribution is 5.85. The minimum absolute atomic E-state index is 0.214. The van der Waals surface area contributed by atoms with Crippen LogP contribution >= 0.6 is 0 Å². The third-order valence-electron chi connectivity index (χ3n) is 3.29. The maximum atomic E-state index is 14.1. The predicted octanol–water partition coefficient (Wildman–Crippen LogP) is 0.368. The summed E-state index contributed by atoms with van der Waals surface area (Å²) in [6.07, 6.45) is 0. The quantitative estimate of drug-likeness (QED) is 0.784. The van der Waals surface area contributed by atoms with Crippen LogP contribution in [0, 0.1) is 5.82 Å². The molecule has 1 atom stereocenters. The monoisotopic (exact) mass is 283 g/mol. The van der Waals surface area contributed by atoms with Gasteiger partial charge in [0.25, 0.3) is 0 Å². The second-order valence-electron chi connectivity index (χ2n) is 4.44. The molecule has 110 valence electrons. The molecule has 6 nitrogen and oxygen atoms in total. The normalized spacial score (nSPS) is 18.8. The van der Waals surface area contributed by atoms with Gasteiger partial charge in [-0.05, 0) is 0 Å². The van der Waals surface area contributed by atoms with E-state index in [2.05, 4.69) is 5.32 Å². The minimum Gasteiger partial charge on any atom is -0.495 e. The Morgan fingerprint density at radius 2 is 2.35 bits per heavy atom. The molecule has 1 aromatic carbocycles. The molecular formula is C13H18FN3O3. The first kappa shape index (κ1) is 14.4. The summed E-state index contributed by atoms with van der Waals surface area (Å²) < 4.78 is 24.5. The lowest BCUT2D eigenvalue weighted by atomic mass is 10.1. The van der Waals surface area contributed by atoms with Crippen molar-refractivity contribution in [1.29, 1.82) is 0 Å². The van der Waals surface area contributed by atoms with Gasteiger partial charge in [0.05, 0.1) is 31.7 Å². The van der Waals surface area contributed by atoms with E-state index in [9.17, 15) is 9.18 Å². The van der Waals surface area contributed by atoms with Gasteiger partial charge in [0.2, 0.25) is 5.91 Å². The van der Waals surface area contributed by atoms with Gasteiger partial charge in [-0.25, -0.2) is 4.39 Å². The third kappa shape index (κ3) is 2.62. The van der Waals surface area contributed by atoms with Crippen LogP contribution in [-0.2, 0) is 9.53 Å². The van der Waals surface area contributed by atoms with Crippen molar-refractivity contribution in [3.8, 4) is 5.75 Å². The summed E-state index contributed by atoms with van der Waals surface area (Å²) >= 11 is 0. The van der Waals surface area contributed by atoms with Crippen LogP contribution in [0.15, 0.2) is 12.1 Å². The molecule has 1 saturated heterocycles. The number of methoxy groups -OCH3 is 1. The van der Waals surface area contributed by atoms with Gasteiger partial charge in [-0.15, -0.1) is 0 Å². The first-order valence-electron chi connectivity index (χ1n) is 6.27. The summed E-state index contributed by atoms with van der Waals surface area (Å²) in [5, 5.41) is 2.55. The molecule has 2 rings (SSSR count). The van der Waals surface area contributed by atoms with Gasteiger partial charge in [0.15, 0.2) is 0 Å². The van der Waals surface area contributed by atoms with Crippen LogP contribution in [0.25, 0.3) is 0 Å². The van der Waals surface area contributed by atoms with E-state index in [1.165, 1.54) is 26.3 Å². The van der Waals surface area contributed by atoms with Crippen LogP contribution in [0.1, 0.15) is 0 Å². The van der Waals surface area contributed by atoms with Gasteiger partial charge in [0, 0.05) is 25.7 Å². The Labute approximate surface area is 116 Å². The number of amides is 1. The standard InChI is InChI=1S/C13H18FN3O3/c1-16-13(18)11-7-20-4-3-17(11)10-6-12(19-2)9(15)5-8(10)14/h5-6,11H,3-4,7,15H2,1-2H3,(H,16,18). The number of anilines is 2. The maximum absolute atomic E-state index is 14.1. The van der Waals surface area contributed by atoms with Crippen LogP contribution in [0.2, 0.25) is 0 Å². The summed E-state index contributed by atoms with van der Waals surface area (Å²) in [5.74, 6) is -0.331. The van der Waals surface area contributed by atoms with Gasteiger partial charge in [-0.1, -0.05) is 0 Å². The number of nitrogens with two attached hydrogens (primary N) is 1. The SMILES string of the molecule is CNC(=O)C1COCCN1c1cc(OC)c(N)cc1F. The van der Waals surface area contributed by atoms with Crippen molar-refractivity contribution in [2.45, 2.75) is 6.04 Å². The van der Waals surface area contributed by atoms with Crippen molar-refractivity contribution in [2.24, 2.45) is 0 Å². The van der Waals surface area contributed by atoms with E-state index >= 15 is 0 Å². The van der Waals surface area contributed by atoms with Crippen molar-refractivity contribution >= 4 is 17.3 Å². The number of rotatable bonds is 3. The Hall–Kier alpha value is -2.02. The fraction of sp³-hybridized carbons (Fsp3) is 0.462. The molecule has 3 N–H and O–H groups in total. The number of halogens is 1. The number of likely N-dealkylation sites (N-methyl/N-ethyl adjacent to an activating group) is 1. The van der Waals surface area contributed by atoms with Crippen molar-refractivity contribution in [2.75, 3.05) is 44.5 Å². The van der Waals surface area contributed by atoms with E-state index in [4.69, 9.17) is 15.2 Å². The van der Waals surface area contributed by atoms with Crippen LogP contribution in [0.4, 0.5) is 15.8 Å². The average molecular weight is 283 g/mol. The Kier molecular flexibility index (Phi) is 4.29. The molecule has 0 aromatic heterocycles. The molecule has 0 saturated carbocycles. The van der Waals surface area contributed by atoms with Gasteiger partial charge in [-0.2, -0.15) is 0 Å². The van der Waals surface area contributed by atoms with Gasteiger partial charge < -0.3 is 25.4 Å². The van der Waals surface area contributed by atoms with Crippen molar-refractivity contribution in [3.63, 3.8) is 0 Å². The second-order valence-corrected chi connectivity index (χ2v) is 4.44. The number of carbonyl (C=O) groups is 1. The van der Waals surface area contributed by atoms with E-state index < -0.39 is 11.9 Å². The van der Waals surface area contributed by atoms with Crippen LogP contribution in [0.3, 0.4) is 0 Å². The van der Waals surface area contributed by atoms with Gasteiger partial charge >= 0.3 is 0 Å². The highest BCUT2D eigenvalue weighted by Gasteiger charge is 2.31. The minimum atomic E-state index is -0.573. The van der Waals surface area contributed by atoms with E-state index in [0.717, 1.165) is 0 Å². The van der Waals surface area contributed by atoms with Crippen LogP contribution < -0.4 is 20.7 Å². The van der Waals surface area contributed by atoms with E-state index in [-0.39, 0.29) is 23.9 Å². The predicted molar refractivity (Wildman–Crippen MR) is 73.4 cm³/mol. The number of carbonyl (C=O) groups excluding carboxylic acids is 1. The topological polar surface area (TPSA) is 76.8 Å². The zero-order valence-corrected chi connectivity index (χ0v) is 11.5. The number of hydrogen-bond acceptors (Lipinski definition) is 5. The lowest BCUT2D eigenvalue weighted by Gasteiger charge is -2.36. The highest BCUT2D eigenvalue weighted by Crippen LogP contribution is 2.32. The number of morpholine rings is 1. The summed E-state index contributed by atoms with van der Waals surface area (Å²) in [7, 11) is 3.00. The molecule has 0 spiro atoms. The molecule has 1 unspecified atom stereocenters. The Balaban J connectivity index is 2.39. The number of nitrogen functional groups attached to an aromatic ring is 1. The Morgan fingerprint density at radius 1 is 1.60 bits per heavy atom. The fourth-order valence-corrected chi connectivity index (χ4v) is 2.23.